The van der Waals surface area contributed by atoms with E-state index in [9.17, 15) is 9.18 Å². The summed E-state index contributed by atoms with van der Waals surface area (Å²) < 4.78 is 15.7. The fourth-order valence-electron chi connectivity index (χ4n) is 4.56. The lowest BCUT2D eigenvalue weighted by Gasteiger charge is -2.30. The Morgan fingerprint density at radius 3 is 2.57 bits per heavy atom. The number of hydrogen-bond acceptors (Lipinski definition) is 4. The Labute approximate surface area is 247 Å². The lowest BCUT2D eigenvalue weighted by molar-refractivity contribution is -0.118. The van der Waals surface area contributed by atoms with Crippen LogP contribution in [0, 0.1) is 11.2 Å². The maximum absolute atomic E-state index is 13.7. The monoisotopic (exact) mass is 665 g/mol. The Hall–Kier alpha value is -1.00. The average Bonchev–Trinajstić information content (AvgIpc) is 3.22. The van der Waals surface area contributed by atoms with Gasteiger partial charge in [-0.3, -0.25) is 4.79 Å². The molecule has 0 aliphatic heterocycles. The molecule has 2 atom stereocenters. The summed E-state index contributed by atoms with van der Waals surface area (Å²) >= 11 is 6.31. The topological polar surface area (TPSA) is 71.0 Å². The minimum absolute atomic E-state index is 0. The number of imidazole rings is 1. The molecule has 3 rings (SSSR count). The minimum Gasteiger partial charge on any atom is -0.328 e. The van der Waals surface area contributed by atoms with Gasteiger partial charge in [0.1, 0.15) is 5.82 Å². The molecule has 1 aliphatic rings. The highest BCUT2D eigenvalue weighted by atomic mass is 79.9. The minimum atomic E-state index is -0.336. The van der Waals surface area contributed by atoms with Crippen molar-refractivity contribution in [1.82, 2.24) is 20.2 Å². The molecule has 1 amide bonds. The molecule has 0 fully saturated rings. The number of carbonyl (C=O) groups excluding carboxylic acids is 1. The number of aromatic nitrogens is 2. The molecule has 37 heavy (non-hydrogen) atoms. The highest BCUT2D eigenvalue weighted by Crippen LogP contribution is 2.29. The molecule has 1 aromatic heterocycles. The summed E-state index contributed by atoms with van der Waals surface area (Å²) in [5.74, 6) is 0.169. The number of hydrogen-bond donors (Lipinski definition) is 3. The predicted molar refractivity (Wildman–Crippen MR) is 162 cm³/mol. The number of aryl methyl sites for hydroxylation is 1. The van der Waals surface area contributed by atoms with Crippen molar-refractivity contribution in [3.63, 3.8) is 0 Å². The fourth-order valence-corrected chi connectivity index (χ4v) is 4.86. The number of fused-ring (bicyclic) bond motifs is 1. The third-order valence-corrected chi connectivity index (χ3v) is 6.88. The van der Waals surface area contributed by atoms with Crippen molar-refractivity contribution in [2.75, 3.05) is 18.4 Å². The average molecular weight is 668 g/mol. The van der Waals surface area contributed by atoms with E-state index < -0.39 is 0 Å². The third kappa shape index (κ3) is 9.92. The van der Waals surface area contributed by atoms with Gasteiger partial charge in [0.15, 0.2) is 5.82 Å². The molecule has 1 aliphatic carbocycles. The van der Waals surface area contributed by atoms with Gasteiger partial charge in [-0.2, -0.15) is 0 Å². The number of carbonyl (C=O) groups is 1. The summed E-state index contributed by atoms with van der Waals surface area (Å²) in [5, 5.41) is 10.5. The van der Waals surface area contributed by atoms with E-state index in [2.05, 4.69) is 62.5 Å². The van der Waals surface area contributed by atoms with E-state index in [0.29, 0.717) is 17.3 Å². The van der Waals surface area contributed by atoms with Crippen LogP contribution < -0.4 is 16.0 Å². The quantitative estimate of drug-likeness (QED) is 0.272. The van der Waals surface area contributed by atoms with E-state index in [1.54, 1.807) is 12.4 Å². The zero-order chi connectivity index (χ0) is 25.8. The molecule has 2 aromatic rings. The summed E-state index contributed by atoms with van der Waals surface area (Å²) in [7, 11) is 0. The van der Waals surface area contributed by atoms with Gasteiger partial charge in [0.25, 0.3) is 0 Å². The van der Waals surface area contributed by atoms with Crippen molar-refractivity contribution < 1.29 is 9.18 Å². The molecule has 10 heteroatoms. The van der Waals surface area contributed by atoms with Gasteiger partial charge in [0.05, 0.1) is 17.9 Å². The molecule has 0 radical (unpaired) electrons. The van der Waals surface area contributed by atoms with Gasteiger partial charge in [-0.25, -0.2) is 9.37 Å². The first kappa shape index (κ1) is 34.0. The van der Waals surface area contributed by atoms with Crippen LogP contribution in [0.1, 0.15) is 71.9 Å². The number of halogens is 4. The number of nitrogens with zero attached hydrogens (tertiary/aromatic N) is 2. The van der Waals surface area contributed by atoms with Gasteiger partial charge in [-0.15, -0.1) is 34.0 Å². The first-order valence-electron chi connectivity index (χ1n) is 12.7. The van der Waals surface area contributed by atoms with E-state index in [4.69, 9.17) is 11.6 Å². The van der Waals surface area contributed by atoms with Crippen molar-refractivity contribution in [1.29, 1.82) is 0 Å². The number of anilines is 1. The van der Waals surface area contributed by atoms with Crippen LogP contribution in [0.25, 0.3) is 0 Å². The van der Waals surface area contributed by atoms with Crippen LogP contribution >= 0.6 is 45.6 Å². The molecule has 1 unspecified atom stereocenters. The Balaban J connectivity index is 0.00000342. The summed E-state index contributed by atoms with van der Waals surface area (Å²) in [6.45, 7) is 14.7. The lowest BCUT2D eigenvalue weighted by Crippen LogP contribution is -2.47. The molecule has 1 aromatic carbocycles. The molecule has 0 spiro atoms. The number of rotatable bonds is 10. The Morgan fingerprint density at radius 1 is 1.22 bits per heavy atom. The molecular formula is C27H43Br2ClFN5O. The van der Waals surface area contributed by atoms with E-state index in [-0.39, 0.29) is 68.7 Å². The van der Waals surface area contributed by atoms with Crippen LogP contribution in [-0.2, 0) is 23.2 Å². The van der Waals surface area contributed by atoms with Crippen LogP contribution in [0.5, 0.6) is 0 Å². The van der Waals surface area contributed by atoms with Gasteiger partial charge in [0.2, 0.25) is 5.91 Å². The van der Waals surface area contributed by atoms with Crippen LogP contribution in [0.4, 0.5) is 10.2 Å². The largest absolute Gasteiger partial charge is 0.328 e. The third-order valence-electron chi connectivity index (χ3n) is 6.54. The molecule has 0 saturated carbocycles. The van der Waals surface area contributed by atoms with Gasteiger partial charge in [0, 0.05) is 30.4 Å². The van der Waals surface area contributed by atoms with Crippen LogP contribution in [0.15, 0.2) is 24.7 Å². The molecule has 210 valence electrons. The second kappa shape index (κ2) is 14.4. The second-order valence-corrected chi connectivity index (χ2v) is 12.0. The van der Waals surface area contributed by atoms with Crippen LogP contribution in [0.2, 0.25) is 5.02 Å². The summed E-state index contributed by atoms with van der Waals surface area (Å²) in [5.41, 5.74) is 1.98. The normalized spacial score (nSPS) is 16.3. The lowest BCUT2D eigenvalue weighted by atomic mass is 9.87. The van der Waals surface area contributed by atoms with Crippen molar-refractivity contribution >= 4 is 57.3 Å². The smallest absolute Gasteiger partial charge is 0.242 e. The highest BCUT2D eigenvalue weighted by Gasteiger charge is 2.27. The van der Waals surface area contributed by atoms with E-state index in [1.165, 1.54) is 6.07 Å². The molecule has 0 saturated heterocycles. The van der Waals surface area contributed by atoms with Gasteiger partial charge < -0.3 is 20.5 Å². The second-order valence-electron chi connectivity index (χ2n) is 11.6. The summed E-state index contributed by atoms with van der Waals surface area (Å²) in [6, 6.07) is 2.72. The van der Waals surface area contributed by atoms with Crippen molar-refractivity contribution in [2.24, 2.45) is 5.41 Å². The van der Waals surface area contributed by atoms with Gasteiger partial charge in [-0.05, 0) is 68.2 Å². The first-order valence-corrected chi connectivity index (χ1v) is 13.0. The number of amides is 1. The SMILES string of the molecule is Br.Br.CCCC(N[C@H]1CCc2cc(F)cc(Cl)c2C1)C(=O)Nc1cn(C(C)(C)CNCC(C)(C)C)cn1. The maximum Gasteiger partial charge on any atom is 0.242 e. The van der Waals surface area contributed by atoms with Crippen molar-refractivity contribution in [3.8, 4) is 0 Å². The maximum atomic E-state index is 13.7. The summed E-state index contributed by atoms with van der Waals surface area (Å²) in [6.07, 6.45) is 7.53. The van der Waals surface area contributed by atoms with Gasteiger partial charge in [-0.1, -0.05) is 45.7 Å². The predicted octanol–water partition coefficient (Wildman–Crippen LogP) is 6.46. The first-order chi connectivity index (χ1) is 16.4. The molecule has 3 N–H and O–H groups in total. The Kier molecular flexibility index (Phi) is 13.2. The molecule has 0 bridgehead atoms. The zero-order valence-corrected chi connectivity index (χ0v) is 27.0. The zero-order valence-electron chi connectivity index (χ0n) is 22.8. The van der Waals surface area contributed by atoms with E-state index in [0.717, 1.165) is 49.9 Å². The molecular weight excluding hydrogens is 625 g/mol. The number of nitrogens with one attached hydrogen (secondary N) is 3. The van der Waals surface area contributed by atoms with Crippen LogP contribution in [0.3, 0.4) is 0 Å². The standard InChI is InChI=1S/C27H41ClFN5O.2BrH/c1-7-8-23(32-20-10-9-18-11-19(29)12-22(28)21(18)13-20)25(35)33-24-14-34(17-31-24)27(5,6)16-30-15-26(2,3)4;;/h11-12,14,17,20,23,30,32H,7-10,13,15-16H2,1-6H3,(H,33,35);2*1H/t20-,23?;;/m0../s1. The summed E-state index contributed by atoms with van der Waals surface area (Å²) in [4.78, 5) is 17.6. The molecule has 6 nitrogen and oxygen atoms in total. The fraction of sp³-hybridized carbons (Fsp3) is 0.630. The van der Waals surface area contributed by atoms with E-state index in [1.807, 2.05) is 10.8 Å². The highest BCUT2D eigenvalue weighted by molar-refractivity contribution is 8.93. The Morgan fingerprint density at radius 2 is 1.92 bits per heavy atom. The van der Waals surface area contributed by atoms with Crippen molar-refractivity contribution in [3.05, 3.63) is 46.6 Å². The van der Waals surface area contributed by atoms with Crippen molar-refractivity contribution in [2.45, 2.75) is 91.3 Å². The van der Waals surface area contributed by atoms with E-state index >= 15 is 0 Å². The Bertz CT molecular complexity index is 1020. The number of benzene rings is 1. The van der Waals surface area contributed by atoms with Crippen LogP contribution in [-0.4, -0.2) is 40.6 Å². The molecule has 1 heterocycles. The van der Waals surface area contributed by atoms with Gasteiger partial charge >= 0.3 is 0 Å².